The minimum absolute atomic E-state index is 0.342. The summed E-state index contributed by atoms with van der Waals surface area (Å²) in [4.78, 5) is 3.13. The van der Waals surface area contributed by atoms with Crippen molar-refractivity contribution in [2.24, 2.45) is 5.10 Å². The zero-order chi connectivity index (χ0) is 17.4. The van der Waals surface area contributed by atoms with Crippen molar-refractivity contribution in [3.8, 4) is 0 Å². The van der Waals surface area contributed by atoms with Gasteiger partial charge in [0.05, 0.1) is 0 Å². The molecule has 0 spiro atoms. The monoisotopic (exact) mass is 374 g/mol. The molecule has 0 fully saturated rings. The second-order valence-corrected chi connectivity index (χ2v) is 7.66. The van der Waals surface area contributed by atoms with Crippen LogP contribution in [0, 0.1) is 6.92 Å². The number of rotatable bonds is 3. The summed E-state index contributed by atoms with van der Waals surface area (Å²) < 4.78 is 27.4. The van der Waals surface area contributed by atoms with Gasteiger partial charge in [0.25, 0.3) is 6.43 Å². The number of halogens is 2. The van der Waals surface area contributed by atoms with Gasteiger partial charge in [-0.05, 0) is 36.9 Å². The first-order chi connectivity index (χ1) is 12.1. The zero-order valence-electron chi connectivity index (χ0n) is 13.1. The van der Waals surface area contributed by atoms with Gasteiger partial charge in [-0.25, -0.2) is 8.78 Å². The van der Waals surface area contributed by atoms with Gasteiger partial charge < -0.3 is 0 Å². The Morgan fingerprint density at radius 3 is 2.56 bits per heavy atom. The molecule has 1 aliphatic rings. The van der Waals surface area contributed by atoms with E-state index in [0.29, 0.717) is 10.9 Å². The third-order valence-corrected chi connectivity index (χ3v) is 5.46. The number of alkyl halides is 2. The SMILES string of the molecule is Cc1ccc(/C=C2\Sc3nnc(C(F)F)n3N=C2c2ccccc2)s1. The summed E-state index contributed by atoms with van der Waals surface area (Å²) in [5.74, 6) is -0.443. The molecular weight excluding hydrogens is 362 g/mol. The van der Waals surface area contributed by atoms with Crippen molar-refractivity contribution in [1.29, 1.82) is 0 Å². The van der Waals surface area contributed by atoms with E-state index in [1.54, 1.807) is 11.3 Å². The molecule has 0 radical (unpaired) electrons. The summed E-state index contributed by atoms with van der Waals surface area (Å²) in [5.41, 5.74) is 1.49. The molecule has 0 atom stereocenters. The smallest absolute Gasteiger partial charge is 0.201 e. The first kappa shape index (κ1) is 16.2. The molecule has 25 heavy (non-hydrogen) atoms. The lowest BCUT2D eigenvalue weighted by Crippen LogP contribution is -2.13. The van der Waals surface area contributed by atoms with Crippen LogP contribution in [0.15, 0.2) is 57.6 Å². The predicted octanol–water partition coefficient (Wildman–Crippen LogP) is 4.98. The van der Waals surface area contributed by atoms with Gasteiger partial charge in [-0.2, -0.15) is 9.78 Å². The van der Waals surface area contributed by atoms with Crippen molar-refractivity contribution in [3.63, 3.8) is 0 Å². The molecule has 126 valence electrons. The van der Waals surface area contributed by atoms with Crippen LogP contribution in [-0.2, 0) is 0 Å². The number of thioether (sulfide) groups is 1. The number of hydrogen-bond acceptors (Lipinski definition) is 5. The molecule has 0 saturated heterocycles. The number of nitrogens with zero attached hydrogens (tertiary/aromatic N) is 4. The summed E-state index contributed by atoms with van der Waals surface area (Å²) in [5, 5.41) is 12.2. The van der Waals surface area contributed by atoms with Gasteiger partial charge in [0.15, 0.2) is 0 Å². The molecule has 0 saturated carbocycles. The number of benzene rings is 1. The van der Waals surface area contributed by atoms with Gasteiger partial charge in [-0.1, -0.05) is 30.3 Å². The average Bonchev–Trinajstić information content (AvgIpc) is 3.20. The fraction of sp³-hybridized carbons (Fsp3) is 0.118. The van der Waals surface area contributed by atoms with Crippen LogP contribution < -0.4 is 0 Å². The van der Waals surface area contributed by atoms with Crippen molar-refractivity contribution in [3.05, 3.63) is 68.5 Å². The lowest BCUT2D eigenvalue weighted by Gasteiger charge is -2.16. The van der Waals surface area contributed by atoms with Gasteiger partial charge in [-0.3, -0.25) is 0 Å². The highest BCUT2D eigenvalue weighted by Gasteiger charge is 2.27. The molecule has 3 heterocycles. The minimum atomic E-state index is -2.73. The van der Waals surface area contributed by atoms with E-state index in [1.165, 1.54) is 16.6 Å². The Morgan fingerprint density at radius 2 is 1.88 bits per heavy atom. The predicted molar refractivity (Wildman–Crippen MR) is 96.2 cm³/mol. The van der Waals surface area contributed by atoms with Crippen molar-refractivity contribution in [2.45, 2.75) is 18.5 Å². The fourth-order valence-electron chi connectivity index (χ4n) is 2.42. The van der Waals surface area contributed by atoms with Crippen LogP contribution in [0.3, 0.4) is 0 Å². The third kappa shape index (κ3) is 3.14. The van der Waals surface area contributed by atoms with E-state index in [1.807, 2.05) is 55.5 Å². The van der Waals surface area contributed by atoms with E-state index < -0.39 is 12.2 Å². The standard InChI is InChI=1S/C17H12F2N4S2/c1-10-7-8-12(24-10)9-13-14(11-5-3-2-4-6-11)22-23-16(15(18)19)20-21-17(23)25-13/h2-9,15H,1H3/b13-9-. The van der Waals surface area contributed by atoms with E-state index in [9.17, 15) is 8.78 Å². The summed E-state index contributed by atoms with van der Waals surface area (Å²) in [6, 6.07) is 13.6. The number of hydrogen-bond donors (Lipinski definition) is 0. The first-order valence-electron chi connectivity index (χ1n) is 7.46. The Bertz CT molecular complexity index is 974. The molecule has 0 unspecified atom stereocenters. The van der Waals surface area contributed by atoms with Crippen LogP contribution in [0.1, 0.15) is 27.6 Å². The quantitative estimate of drug-likeness (QED) is 0.649. The van der Waals surface area contributed by atoms with E-state index in [0.717, 1.165) is 20.0 Å². The maximum absolute atomic E-state index is 13.1. The topological polar surface area (TPSA) is 43.1 Å². The molecule has 4 rings (SSSR count). The lowest BCUT2D eigenvalue weighted by atomic mass is 10.1. The molecule has 1 aliphatic heterocycles. The van der Waals surface area contributed by atoms with Gasteiger partial charge >= 0.3 is 0 Å². The minimum Gasteiger partial charge on any atom is -0.201 e. The summed E-state index contributed by atoms with van der Waals surface area (Å²) in [6.45, 7) is 2.04. The molecule has 4 nitrogen and oxygen atoms in total. The van der Waals surface area contributed by atoms with E-state index in [-0.39, 0.29) is 0 Å². The van der Waals surface area contributed by atoms with E-state index in [4.69, 9.17) is 0 Å². The number of aromatic nitrogens is 3. The number of aryl methyl sites for hydroxylation is 1. The van der Waals surface area contributed by atoms with Gasteiger partial charge in [0.1, 0.15) is 5.71 Å². The second kappa shape index (κ2) is 6.53. The van der Waals surface area contributed by atoms with Crippen LogP contribution in [0.4, 0.5) is 8.78 Å². The first-order valence-corrected chi connectivity index (χ1v) is 9.09. The number of thiophene rings is 1. The molecule has 3 aromatic rings. The maximum Gasteiger partial charge on any atom is 0.299 e. The fourth-order valence-corrected chi connectivity index (χ4v) is 4.26. The summed E-state index contributed by atoms with van der Waals surface area (Å²) >= 11 is 2.96. The highest BCUT2D eigenvalue weighted by molar-refractivity contribution is 8.04. The Hall–Kier alpha value is -2.32. The largest absolute Gasteiger partial charge is 0.299 e. The normalized spacial score (nSPS) is 15.5. The van der Waals surface area contributed by atoms with Gasteiger partial charge in [0, 0.05) is 20.2 Å². The summed E-state index contributed by atoms with van der Waals surface area (Å²) in [7, 11) is 0. The van der Waals surface area contributed by atoms with E-state index in [2.05, 4.69) is 15.3 Å². The van der Waals surface area contributed by atoms with Crippen molar-refractivity contribution >= 4 is 34.9 Å². The van der Waals surface area contributed by atoms with Crippen LogP contribution in [0.2, 0.25) is 0 Å². The van der Waals surface area contributed by atoms with Crippen molar-refractivity contribution < 1.29 is 8.78 Å². The average molecular weight is 374 g/mol. The van der Waals surface area contributed by atoms with Crippen LogP contribution in [0.5, 0.6) is 0 Å². The van der Waals surface area contributed by atoms with Crippen LogP contribution in [-0.4, -0.2) is 20.6 Å². The van der Waals surface area contributed by atoms with E-state index >= 15 is 0 Å². The molecule has 0 N–H and O–H groups in total. The highest BCUT2D eigenvalue weighted by atomic mass is 32.2. The number of allylic oxidation sites excluding steroid dienone is 1. The zero-order valence-corrected chi connectivity index (χ0v) is 14.7. The number of fused-ring (bicyclic) bond motifs is 1. The molecular formula is C17H12F2N4S2. The second-order valence-electron chi connectivity index (χ2n) is 5.33. The van der Waals surface area contributed by atoms with Crippen molar-refractivity contribution in [1.82, 2.24) is 14.9 Å². The Labute approximate surface area is 150 Å². The Balaban J connectivity index is 1.86. The van der Waals surface area contributed by atoms with Crippen molar-refractivity contribution in [2.75, 3.05) is 0 Å². The van der Waals surface area contributed by atoms with Crippen LogP contribution in [0.25, 0.3) is 6.08 Å². The van der Waals surface area contributed by atoms with Gasteiger partial charge in [0.2, 0.25) is 11.0 Å². The molecule has 8 heteroatoms. The molecule has 1 aromatic carbocycles. The Kier molecular flexibility index (Phi) is 4.22. The van der Waals surface area contributed by atoms with Gasteiger partial charge in [-0.15, -0.1) is 21.5 Å². The maximum atomic E-state index is 13.1. The third-order valence-electron chi connectivity index (χ3n) is 3.55. The molecule has 0 amide bonds. The summed E-state index contributed by atoms with van der Waals surface area (Å²) in [6.07, 6.45) is -0.720. The lowest BCUT2D eigenvalue weighted by molar-refractivity contribution is 0.135. The Morgan fingerprint density at radius 1 is 1.08 bits per heavy atom. The van der Waals surface area contributed by atoms with Crippen LogP contribution >= 0.6 is 23.1 Å². The molecule has 2 aromatic heterocycles. The molecule has 0 bridgehead atoms. The molecule has 0 aliphatic carbocycles. The highest BCUT2D eigenvalue weighted by Crippen LogP contribution is 2.37.